The van der Waals surface area contributed by atoms with E-state index in [0.717, 1.165) is 0 Å². The SMILES string of the molecule is O=C1NCCOC1=S. The van der Waals surface area contributed by atoms with E-state index >= 15 is 0 Å². The normalized spacial score (nSPS) is 19.5. The molecule has 1 aliphatic rings. The molecule has 0 saturated carbocycles. The highest BCUT2D eigenvalue weighted by Gasteiger charge is 2.13. The molecule has 3 nitrogen and oxygen atoms in total. The fourth-order valence-electron chi connectivity index (χ4n) is 0.446. The molecule has 0 aromatic heterocycles. The Morgan fingerprint density at radius 3 is 2.88 bits per heavy atom. The molecule has 0 bridgehead atoms. The van der Waals surface area contributed by atoms with Crippen LogP contribution in [0.15, 0.2) is 0 Å². The third-order valence-corrected chi connectivity index (χ3v) is 1.11. The molecule has 44 valence electrons. The average Bonchev–Trinajstić information content (AvgIpc) is 1.77. The second kappa shape index (κ2) is 2.09. The van der Waals surface area contributed by atoms with Gasteiger partial charge in [0.15, 0.2) is 0 Å². The first kappa shape index (κ1) is 5.50. The molecule has 1 N–H and O–H groups in total. The van der Waals surface area contributed by atoms with Gasteiger partial charge in [-0.15, -0.1) is 0 Å². The van der Waals surface area contributed by atoms with Crippen molar-refractivity contribution in [1.29, 1.82) is 0 Å². The molecule has 1 fully saturated rings. The van der Waals surface area contributed by atoms with E-state index < -0.39 is 0 Å². The molecule has 1 aliphatic heterocycles. The van der Waals surface area contributed by atoms with Gasteiger partial charge in [-0.3, -0.25) is 4.79 Å². The topological polar surface area (TPSA) is 38.3 Å². The predicted octanol–water partition coefficient (Wildman–Crippen LogP) is -0.540. The summed E-state index contributed by atoms with van der Waals surface area (Å²) in [7, 11) is 0. The Morgan fingerprint density at radius 2 is 2.50 bits per heavy atom. The molecule has 8 heavy (non-hydrogen) atoms. The monoisotopic (exact) mass is 131 g/mol. The standard InChI is InChI=1S/C4H5NO2S/c6-3-4(8)7-2-1-5-3/h1-2H2,(H,5,6). The molecular weight excluding hydrogens is 126 g/mol. The van der Waals surface area contributed by atoms with E-state index in [9.17, 15) is 4.79 Å². The van der Waals surface area contributed by atoms with Crippen LogP contribution >= 0.6 is 12.2 Å². The van der Waals surface area contributed by atoms with Crippen LogP contribution in [-0.4, -0.2) is 24.1 Å². The number of amides is 1. The smallest absolute Gasteiger partial charge is 0.298 e. The largest absolute Gasteiger partial charge is 0.478 e. The Labute approximate surface area is 52.0 Å². The summed E-state index contributed by atoms with van der Waals surface area (Å²) in [6.07, 6.45) is 0. The van der Waals surface area contributed by atoms with Gasteiger partial charge in [-0.2, -0.15) is 0 Å². The van der Waals surface area contributed by atoms with Crippen molar-refractivity contribution >= 4 is 23.2 Å². The highest BCUT2D eigenvalue weighted by Crippen LogP contribution is 1.87. The Balaban J connectivity index is 2.52. The van der Waals surface area contributed by atoms with E-state index in [0.29, 0.717) is 13.2 Å². The Morgan fingerprint density at radius 1 is 1.75 bits per heavy atom. The van der Waals surface area contributed by atoms with Crippen LogP contribution in [-0.2, 0) is 9.53 Å². The van der Waals surface area contributed by atoms with Gasteiger partial charge in [-0.05, 0) is 12.2 Å². The molecule has 1 heterocycles. The fourth-order valence-corrected chi connectivity index (χ4v) is 0.602. The number of ether oxygens (including phenoxy) is 1. The molecule has 0 aromatic rings. The van der Waals surface area contributed by atoms with E-state index in [1.807, 2.05) is 0 Å². The zero-order chi connectivity index (χ0) is 5.98. The minimum Gasteiger partial charge on any atom is -0.478 e. The highest BCUT2D eigenvalue weighted by molar-refractivity contribution is 7.81. The van der Waals surface area contributed by atoms with Crippen LogP contribution in [0.25, 0.3) is 0 Å². The van der Waals surface area contributed by atoms with E-state index in [2.05, 4.69) is 17.5 Å². The van der Waals surface area contributed by atoms with Crippen molar-refractivity contribution in [2.75, 3.05) is 13.2 Å². The second-order valence-electron chi connectivity index (χ2n) is 1.39. The molecule has 4 heteroatoms. The number of thiocarbonyl (C=S) groups is 1. The number of carbonyl (C=O) groups is 1. The molecule has 1 saturated heterocycles. The summed E-state index contributed by atoms with van der Waals surface area (Å²) < 4.78 is 4.71. The first-order valence-electron chi connectivity index (χ1n) is 2.25. The van der Waals surface area contributed by atoms with Crippen LogP contribution in [0.5, 0.6) is 0 Å². The number of morpholine rings is 1. The third-order valence-electron chi connectivity index (χ3n) is 0.806. The van der Waals surface area contributed by atoms with E-state index in [1.165, 1.54) is 0 Å². The highest BCUT2D eigenvalue weighted by atomic mass is 32.1. The van der Waals surface area contributed by atoms with Crippen molar-refractivity contribution < 1.29 is 9.53 Å². The number of nitrogens with one attached hydrogen (secondary N) is 1. The first-order chi connectivity index (χ1) is 3.80. The molecule has 0 aliphatic carbocycles. The van der Waals surface area contributed by atoms with Crippen molar-refractivity contribution in [3.63, 3.8) is 0 Å². The predicted molar refractivity (Wildman–Crippen MR) is 31.6 cm³/mol. The fraction of sp³-hybridized carbons (Fsp3) is 0.500. The maximum atomic E-state index is 10.4. The minimum absolute atomic E-state index is 0.0521. The lowest BCUT2D eigenvalue weighted by Gasteiger charge is -2.12. The Bertz CT molecular complexity index is 118. The summed E-state index contributed by atoms with van der Waals surface area (Å²) in [6.45, 7) is 1.07. The molecule has 0 atom stereocenters. The lowest BCUT2D eigenvalue weighted by atomic mass is 10.5. The van der Waals surface area contributed by atoms with Crippen molar-refractivity contribution in [3.05, 3.63) is 0 Å². The van der Waals surface area contributed by atoms with Gasteiger partial charge in [0.1, 0.15) is 6.61 Å². The lowest BCUT2D eigenvalue weighted by molar-refractivity contribution is -0.117. The van der Waals surface area contributed by atoms with Gasteiger partial charge >= 0.3 is 0 Å². The summed E-state index contributed by atoms with van der Waals surface area (Å²) in [6, 6.07) is 0. The quantitative estimate of drug-likeness (QED) is 0.449. The zero-order valence-electron chi connectivity index (χ0n) is 4.14. The molecular formula is C4H5NO2S. The number of hydrogen-bond donors (Lipinski definition) is 1. The Kier molecular flexibility index (Phi) is 1.43. The number of carbonyl (C=O) groups excluding carboxylic acids is 1. The van der Waals surface area contributed by atoms with Crippen LogP contribution in [0.1, 0.15) is 0 Å². The summed E-state index contributed by atoms with van der Waals surface area (Å²) in [5, 5.41) is 2.58. The summed E-state index contributed by atoms with van der Waals surface area (Å²) in [5.41, 5.74) is 0. The maximum Gasteiger partial charge on any atom is 0.298 e. The third kappa shape index (κ3) is 0.949. The molecule has 1 amide bonds. The van der Waals surface area contributed by atoms with Crippen LogP contribution in [0, 0.1) is 0 Å². The Hall–Kier alpha value is -0.640. The van der Waals surface area contributed by atoms with Crippen molar-refractivity contribution in [2.24, 2.45) is 0 Å². The summed E-state index contributed by atoms with van der Waals surface area (Å²) >= 11 is 4.49. The lowest BCUT2D eigenvalue weighted by Crippen LogP contribution is -2.39. The summed E-state index contributed by atoms with van der Waals surface area (Å²) in [5.74, 6) is -0.272. The van der Waals surface area contributed by atoms with E-state index in [4.69, 9.17) is 4.74 Å². The second-order valence-corrected chi connectivity index (χ2v) is 1.76. The molecule has 1 rings (SSSR count). The summed E-state index contributed by atoms with van der Waals surface area (Å²) in [4.78, 5) is 10.4. The zero-order valence-corrected chi connectivity index (χ0v) is 4.96. The van der Waals surface area contributed by atoms with Crippen molar-refractivity contribution in [3.8, 4) is 0 Å². The van der Waals surface area contributed by atoms with Crippen LogP contribution < -0.4 is 5.32 Å². The van der Waals surface area contributed by atoms with Gasteiger partial charge in [-0.25, -0.2) is 0 Å². The molecule has 0 radical (unpaired) electrons. The van der Waals surface area contributed by atoms with Gasteiger partial charge in [0, 0.05) is 0 Å². The minimum atomic E-state index is -0.272. The number of rotatable bonds is 0. The molecule has 0 aromatic carbocycles. The van der Waals surface area contributed by atoms with Crippen molar-refractivity contribution in [1.82, 2.24) is 5.32 Å². The van der Waals surface area contributed by atoms with E-state index in [-0.39, 0.29) is 11.0 Å². The van der Waals surface area contributed by atoms with Gasteiger partial charge < -0.3 is 10.1 Å². The average molecular weight is 131 g/mol. The van der Waals surface area contributed by atoms with Gasteiger partial charge in [0.25, 0.3) is 11.0 Å². The van der Waals surface area contributed by atoms with E-state index in [1.54, 1.807) is 0 Å². The number of hydrogen-bond acceptors (Lipinski definition) is 3. The van der Waals surface area contributed by atoms with Gasteiger partial charge in [-0.1, -0.05) is 0 Å². The van der Waals surface area contributed by atoms with Crippen LogP contribution in [0.3, 0.4) is 0 Å². The van der Waals surface area contributed by atoms with Crippen molar-refractivity contribution in [2.45, 2.75) is 0 Å². The van der Waals surface area contributed by atoms with Gasteiger partial charge in [0.2, 0.25) is 0 Å². The first-order valence-corrected chi connectivity index (χ1v) is 2.66. The molecule has 0 unspecified atom stereocenters. The maximum absolute atomic E-state index is 10.4. The molecule has 0 spiro atoms. The van der Waals surface area contributed by atoms with Crippen LogP contribution in [0.2, 0.25) is 0 Å². The van der Waals surface area contributed by atoms with Gasteiger partial charge in [0.05, 0.1) is 6.54 Å². The van der Waals surface area contributed by atoms with Crippen LogP contribution in [0.4, 0.5) is 0 Å².